The monoisotopic (exact) mass is 352 g/mol. The largest absolute Gasteiger partial charge is 0.464 e. The van der Waals surface area contributed by atoms with Gasteiger partial charge in [-0.25, -0.2) is 9.59 Å². The summed E-state index contributed by atoms with van der Waals surface area (Å²) < 4.78 is 6.42. The van der Waals surface area contributed by atoms with Crippen LogP contribution in [0.5, 0.6) is 0 Å². The molecule has 0 saturated carbocycles. The van der Waals surface area contributed by atoms with Crippen molar-refractivity contribution in [3.63, 3.8) is 0 Å². The number of nitrogens with one attached hydrogen (secondary N) is 1. The van der Waals surface area contributed by atoms with Crippen LogP contribution in [0, 0.1) is 0 Å². The van der Waals surface area contributed by atoms with Gasteiger partial charge in [-0.3, -0.25) is 4.57 Å². The standard InChI is InChI=1S/C20H20N2O4/c1-14(21-19(23)26-13-15-7-3-2-4-8-15)11-16-12-22(20(24)25)18-10-6-5-9-17(16)18/h2-10,12,14H,11,13H2,1H3,(H,21,23)(H,24,25)/t14-/m1/s1. The lowest BCUT2D eigenvalue weighted by atomic mass is 10.1. The first-order chi connectivity index (χ1) is 12.5. The van der Waals surface area contributed by atoms with Crippen LogP contribution >= 0.6 is 0 Å². The molecule has 6 heteroatoms. The summed E-state index contributed by atoms with van der Waals surface area (Å²) in [6.45, 7) is 2.06. The predicted molar refractivity (Wildman–Crippen MR) is 98.3 cm³/mol. The van der Waals surface area contributed by atoms with Gasteiger partial charge in [-0.15, -0.1) is 0 Å². The van der Waals surface area contributed by atoms with Gasteiger partial charge >= 0.3 is 12.2 Å². The second-order valence-electron chi connectivity index (χ2n) is 6.14. The molecule has 0 aliphatic carbocycles. The van der Waals surface area contributed by atoms with Crippen LogP contribution in [-0.2, 0) is 17.8 Å². The molecule has 0 radical (unpaired) electrons. The number of para-hydroxylation sites is 1. The number of ether oxygens (including phenoxy) is 1. The molecule has 1 heterocycles. The van der Waals surface area contributed by atoms with E-state index in [9.17, 15) is 14.7 Å². The van der Waals surface area contributed by atoms with E-state index in [1.165, 1.54) is 4.57 Å². The third kappa shape index (κ3) is 4.03. The highest BCUT2D eigenvalue weighted by Crippen LogP contribution is 2.22. The Bertz CT molecular complexity index is 918. The molecule has 2 N–H and O–H groups in total. The lowest BCUT2D eigenvalue weighted by Crippen LogP contribution is -2.34. The molecule has 0 unspecified atom stereocenters. The molecule has 134 valence electrons. The number of nitrogens with zero attached hydrogens (tertiary/aromatic N) is 1. The highest BCUT2D eigenvalue weighted by atomic mass is 16.5. The van der Waals surface area contributed by atoms with Crippen LogP contribution in [-0.4, -0.2) is 27.9 Å². The zero-order chi connectivity index (χ0) is 18.5. The van der Waals surface area contributed by atoms with Crippen LogP contribution < -0.4 is 5.32 Å². The lowest BCUT2D eigenvalue weighted by molar-refractivity contribution is 0.136. The summed E-state index contributed by atoms with van der Waals surface area (Å²) in [5.41, 5.74) is 2.41. The van der Waals surface area contributed by atoms with Gasteiger partial charge in [0.15, 0.2) is 0 Å². The van der Waals surface area contributed by atoms with Gasteiger partial charge in [-0.1, -0.05) is 48.5 Å². The minimum atomic E-state index is -1.03. The molecule has 3 rings (SSSR count). The van der Waals surface area contributed by atoms with E-state index in [0.717, 1.165) is 16.5 Å². The van der Waals surface area contributed by atoms with Gasteiger partial charge in [0.05, 0.1) is 5.52 Å². The van der Waals surface area contributed by atoms with Gasteiger partial charge in [0.25, 0.3) is 0 Å². The molecule has 1 amide bonds. The molecule has 3 aromatic rings. The quantitative estimate of drug-likeness (QED) is 0.727. The van der Waals surface area contributed by atoms with Crippen molar-refractivity contribution in [1.82, 2.24) is 9.88 Å². The highest BCUT2D eigenvalue weighted by Gasteiger charge is 2.16. The van der Waals surface area contributed by atoms with Crippen molar-refractivity contribution in [2.75, 3.05) is 0 Å². The van der Waals surface area contributed by atoms with Gasteiger partial charge in [0, 0.05) is 17.6 Å². The third-order valence-electron chi connectivity index (χ3n) is 4.10. The zero-order valence-corrected chi connectivity index (χ0v) is 14.4. The zero-order valence-electron chi connectivity index (χ0n) is 14.4. The molecule has 6 nitrogen and oxygen atoms in total. The van der Waals surface area contributed by atoms with Gasteiger partial charge in [0.1, 0.15) is 6.61 Å². The Hall–Kier alpha value is -3.28. The van der Waals surface area contributed by atoms with Crippen LogP contribution in [0.15, 0.2) is 60.8 Å². The number of benzene rings is 2. The van der Waals surface area contributed by atoms with E-state index in [0.29, 0.717) is 11.9 Å². The van der Waals surface area contributed by atoms with Crippen molar-refractivity contribution in [1.29, 1.82) is 0 Å². The van der Waals surface area contributed by atoms with Gasteiger partial charge < -0.3 is 15.2 Å². The van der Waals surface area contributed by atoms with Crippen LogP contribution in [0.2, 0.25) is 0 Å². The maximum atomic E-state index is 12.0. The summed E-state index contributed by atoms with van der Waals surface area (Å²) in [6.07, 6.45) is 0.570. The number of carbonyl (C=O) groups excluding carboxylic acids is 1. The fourth-order valence-corrected chi connectivity index (χ4v) is 2.92. The van der Waals surface area contributed by atoms with E-state index in [1.54, 1.807) is 18.3 Å². The molecule has 0 fully saturated rings. The summed E-state index contributed by atoms with van der Waals surface area (Å²) >= 11 is 0. The molecule has 0 spiro atoms. The van der Waals surface area contributed by atoms with Crippen LogP contribution in [0.25, 0.3) is 10.9 Å². The maximum absolute atomic E-state index is 12.0. The minimum absolute atomic E-state index is 0.202. The Labute approximate surface area is 151 Å². The fraction of sp³-hybridized carbons (Fsp3) is 0.200. The molecule has 0 aliphatic heterocycles. The summed E-state index contributed by atoms with van der Waals surface area (Å²) in [5, 5.41) is 13.0. The lowest BCUT2D eigenvalue weighted by Gasteiger charge is -2.13. The number of fused-ring (bicyclic) bond motifs is 1. The van der Waals surface area contributed by atoms with Crippen LogP contribution in [0.4, 0.5) is 9.59 Å². The average Bonchev–Trinajstić information content (AvgIpc) is 3.00. The average molecular weight is 352 g/mol. The molecule has 0 bridgehead atoms. The predicted octanol–water partition coefficient (Wildman–Crippen LogP) is 4.02. The number of amides is 1. The van der Waals surface area contributed by atoms with E-state index >= 15 is 0 Å². The number of rotatable bonds is 5. The van der Waals surface area contributed by atoms with Crippen molar-refractivity contribution in [2.45, 2.75) is 26.0 Å². The SMILES string of the molecule is C[C@H](Cc1cn(C(=O)O)c2ccccc12)NC(=O)OCc1ccccc1. The number of hydrogen-bond donors (Lipinski definition) is 2. The van der Waals surface area contributed by atoms with E-state index in [1.807, 2.05) is 49.4 Å². The number of aromatic nitrogens is 1. The minimum Gasteiger partial charge on any atom is -0.464 e. The summed E-state index contributed by atoms with van der Waals surface area (Å²) in [7, 11) is 0. The Kier molecular flexibility index (Phi) is 5.22. The summed E-state index contributed by atoms with van der Waals surface area (Å²) in [5.74, 6) is 0. The molecular formula is C20H20N2O4. The number of alkyl carbamates (subject to hydrolysis) is 1. The molecule has 0 aliphatic rings. The third-order valence-corrected chi connectivity index (χ3v) is 4.10. The first kappa shape index (κ1) is 17.5. The molecule has 2 aromatic carbocycles. The number of carbonyl (C=O) groups is 2. The molecule has 26 heavy (non-hydrogen) atoms. The van der Waals surface area contributed by atoms with E-state index in [2.05, 4.69) is 5.32 Å². The Morgan fingerprint density at radius 3 is 2.54 bits per heavy atom. The first-order valence-electron chi connectivity index (χ1n) is 8.34. The Balaban J connectivity index is 1.63. The normalized spacial score (nSPS) is 11.9. The van der Waals surface area contributed by atoms with Gasteiger partial charge in [-0.2, -0.15) is 0 Å². The Morgan fingerprint density at radius 2 is 1.81 bits per heavy atom. The molecule has 1 aromatic heterocycles. The highest BCUT2D eigenvalue weighted by molar-refractivity contribution is 5.91. The molecule has 0 saturated heterocycles. The van der Waals surface area contributed by atoms with E-state index in [-0.39, 0.29) is 12.6 Å². The van der Waals surface area contributed by atoms with Crippen LogP contribution in [0.1, 0.15) is 18.1 Å². The Morgan fingerprint density at radius 1 is 1.12 bits per heavy atom. The number of carboxylic acid groups (broad SMARTS) is 1. The maximum Gasteiger partial charge on any atom is 0.416 e. The second kappa shape index (κ2) is 7.74. The van der Waals surface area contributed by atoms with Crippen molar-refractivity contribution >= 4 is 23.1 Å². The van der Waals surface area contributed by atoms with E-state index < -0.39 is 12.2 Å². The fourth-order valence-electron chi connectivity index (χ4n) is 2.92. The van der Waals surface area contributed by atoms with Crippen molar-refractivity contribution in [3.05, 3.63) is 71.9 Å². The van der Waals surface area contributed by atoms with Gasteiger partial charge in [0.2, 0.25) is 0 Å². The topological polar surface area (TPSA) is 80.6 Å². The summed E-state index contributed by atoms with van der Waals surface area (Å²) in [4.78, 5) is 23.3. The van der Waals surface area contributed by atoms with Gasteiger partial charge in [-0.05, 0) is 30.5 Å². The van der Waals surface area contributed by atoms with Crippen molar-refractivity contribution in [3.8, 4) is 0 Å². The second-order valence-corrected chi connectivity index (χ2v) is 6.14. The van der Waals surface area contributed by atoms with Crippen molar-refractivity contribution < 1.29 is 19.4 Å². The molecule has 1 atom stereocenters. The first-order valence-corrected chi connectivity index (χ1v) is 8.34. The van der Waals surface area contributed by atoms with Crippen molar-refractivity contribution in [2.24, 2.45) is 0 Å². The number of hydrogen-bond acceptors (Lipinski definition) is 3. The molecular weight excluding hydrogens is 332 g/mol. The van der Waals surface area contributed by atoms with E-state index in [4.69, 9.17) is 4.74 Å². The van der Waals surface area contributed by atoms with Crippen LogP contribution in [0.3, 0.4) is 0 Å². The smallest absolute Gasteiger partial charge is 0.416 e. The summed E-state index contributed by atoms with van der Waals surface area (Å²) in [6, 6.07) is 16.6.